The SMILES string of the molecule is Cc1cc(C)cc(C(C)(O)Cc2ncnn2C)c1. The second kappa shape index (κ2) is 4.53. The first-order valence-electron chi connectivity index (χ1n) is 6.02. The Labute approximate surface area is 107 Å². The normalized spacial score (nSPS) is 14.5. The predicted molar refractivity (Wildman–Crippen MR) is 70.2 cm³/mol. The van der Waals surface area contributed by atoms with Crippen molar-refractivity contribution in [2.75, 3.05) is 0 Å². The van der Waals surface area contributed by atoms with Crippen LogP contribution < -0.4 is 0 Å². The number of hydrogen-bond acceptors (Lipinski definition) is 3. The first-order valence-corrected chi connectivity index (χ1v) is 6.02. The van der Waals surface area contributed by atoms with Crippen LogP contribution in [0.4, 0.5) is 0 Å². The molecule has 0 radical (unpaired) electrons. The Morgan fingerprint density at radius 2 is 1.83 bits per heavy atom. The third-order valence-electron chi connectivity index (χ3n) is 3.15. The molecule has 1 heterocycles. The van der Waals surface area contributed by atoms with Crippen molar-refractivity contribution in [1.29, 1.82) is 0 Å². The molecular formula is C14H19N3O. The first kappa shape index (κ1) is 12.8. The molecule has 1 N–H and O–H groups in total. The highest BCUT2D eigenvalue weighted by molar-refractivity contribution is 5.32. The van der Waals surface area contributed by atoms with E-state index in [2.05, 4.69) is 16.1 Å². The van der Waals surface area contributed by atoms with Gasteiger partial charge in [-0.1, -0.05) is 29.3 Å². The van der Waals surface area contributed by atoms with E-state index in [1.54, 1.807) is 4.68 Å². The third-order valence-corrected chi connectivity index (χ3v) is 3.15. The van der Waals surface area contributed by atoms with Crippen LogP contribution in [0.15, 0.2) is 24.5 Å². The van der Waals surface area contributed by atoms with Crippen LogP contribution in [0.3, 0.4) is 0 Å². The summed E-state index contributed by atoms with van der Waals surface area (Å²) in [5.41, 5.74) is 2.30. The summed E-state index contributed by atoms with van der Waals surface area (Å²) in [6.07, 6.45) is 1.96. The minimum absolute atomic E-state index is 0.451. The molecule has 0 aliphatic heterocycles. The van der Waals surface area contributed by atoms with E-state index in [-0.39, 0.29) is 0 Å². The van der Waals surface area contributed by atoms with Crippen LogP contribution in [0.5, 0.6) is 0 Å². The van der Waals surface area contributed by atoms with Gasteiger partial charge in [-0.15, -0.1) is 0 Å². The van der Waals surface area contributed by atoms with E-state index in [1.165, 1.54) is 6.33 Å². The Kier molecular flexibility index (Phi) is 3.22. The van der Waals surface area contributed by atoms with Gasteiger partial charge in [-0.3, -0.25) is 4.68 Å². The quantitative estimate of drug-likeness (QED) is 0.898. The highest BCUT2D eigenvalue weighted by atomic mass is 16.3. The van der Waals surface area contributed by atoms with Crippen LogP contribution in [-0.4, -0.2) is 19.9 Å². The molecule has 4 heteroatoms. The lowest BCUT2D eigenvalue weighted by Crippen LogP contribution is -2.26. The van der Waals surface area contributed by atoms with Crippen molar-refractivity contribution in [3.8, 4) is 0 Å². The lowest BCUT2D eigenvalue weighted by molar-refractivity contribution is 0.0544. The zero-order valence-corrected chi connectivity index (χ0v) is 11.3. The van der Waals surface area contributed by atoms with E-state index in [4.69, 9.17) is 0 Å². The zero-order chi connectivity index (χ0) is 13.3. The molecule has 2 aromatic rings. The minimum atomic E-state index is -0.933. The Bertz CT molecular complexity index is 538. The molecule has 0 saturated heterocycles. The van der Waals surface area contributed by atoms with Crippen molar-refractivity contribution in [3.05, 3.63) is 47.0 Å². The van der Waals surface area contributed by atoms with E-state index in [9.17, 15) is 5.11 Å². The van der Waals surface area contributed by atoms with E-state index >= 15 is 0 Å². The molecular weight excluding hydrogens is 226 g/mol. The van der Waals surface area contributed by atoms with Crippen molar-refractivity contribution >= 4 is 0 Å². The van der Waals surface area contributed by atoms with Crippen molar-refractivity contribution < 1.29 is 5.11 Å². The van der Waals surface area contributed by atoms with E-state index in [1.807, 2.05) is 40.0 Å². The molecule has 0 fully saturated rings. The number of aromatic nitrogens is 3. The summed E-state index contributed by atoms with van der Waals surface area (Å²) in [6.45, 7) is 5.89. The van der Waals surface area contributed by atoms with Crippen LogP contribution in [-0.2, 0) is 19.1 Å². The molecule has 0 saturated carbocycles. The highest BCUT2D eigenvalue weighted by Gasteiger charge is 2.26. The Morgan fingerprint density at radius 1 is 1.22 bits per heavy atom. The molecule has 96 valence electrons. The van der Waals surface area contributed by atoms with E-state index in [0.717, 1.165) is 22.5 Å². The van der Waals surface area contributed by atoms with Gasteiger partial charge in [0, 0.05) is 13.5 Å². The molecule has 1 unspecified atom stereocenters. The average Bonchev–Trinajstić information content (AvgIpc) is 2.62. The van der Waals surface area contributed by atoms with Crippen LogP contribution in [0, 0.1) is 13.8 Å². The average molecular weight is 245 g/mol. The molecule has 1 atom stereocenters. The van der Waals surface area contributed by atoms with Crippen LogP contribution in [0.1, 0.15) is 29.4 Å². The maximum absolute atomic E-state index is 10.6. The van der Waals surface area contributed by atoms with E-state index < -0.39 is 5.60 Å². The smallest absolute Gasteiger partial charge is 0.138 e. The number of aryl methyl sites for hydroxylation is 3. The summed E-state index contributed by atoms with van der Waals surface area (Å²) in [7, 11) is 1.83. The summed E-state index contributed by atoms with van der Waals surface area (Å²) in [4.78, 5) is 4.16. The minimum Gasteiger partial charge on any atom is -0.385 e. The van der Waals surface area contributed by atoms with Gasteiger partial charge in [0.2, 0.25) is 0 Å². The summed E-state index contributed by atoms with van der Waals surface area (Å²) in [6, 6.07) is 6.13. The monoisotopic (exact) mass is 245 g/mol. The first-order chi connectivity index (χ1) is 8.38. The molecule has 1 aromatic carbocycles. The van der Waals surface area contributed by atoms with Gasteiger partial charge in [-0.05, 0) is 26.3 Å². The molecule has 0 amide bonds. The van der Waals surface area contributed by atoms with Gasteiger partial charge < -0.3 is 5.11 Å². The summed E-state index contributed by atoms with van der Waals surface area (Å²) in [5.74, 6) is 0.777. The van der Waals surface area contributed by atoms with Gasteiger partial charge in [0.05, 0.1) is 5.60 Å². The maximum atomic E-state index is 10.6. The zero-order valence-electron chi connectivity index (χ0n) is 11.3. The topological polar surface area (TPSA) is 50.9 Å². The summed E-state index contributed by atoms with van der Waals surface area (Å²) in [5, 5.41) is 14.7. The molecule has 18 heavy (non-hydrogen) atoms. The summed E-state index contributed by atoms with van der Waals surface area (Å²) < 4.78 is 1.69. The molecule has 4 nitrogen and oxygen atoms in total. The molecule has 2 rings (SSSR count). The lowest BCUT2D eigenvalue weighted by Gasteiger charge is -2.24. The highest BCUT2D eigenvalue weighted by Crippen LogP contribution is 2.26. The van der Waals surface area contributed by atoms with Crippen LogP contribution >= 0.6 is 0 Å². The van der Waals surface area contributed by atoms with Gasteiger partial charge >= 0.3 is 0 Å². The fourth-order valence-corrected chi connectivity index (χ4v) is 2.18. The largest absolute Gasteiger partial charge is 0.385 e. The lowest BCUT2D eigenvalue weighted by atomic mass is 9.90. The van der Waals surface area contributed by atoms with Crippen molar-refractivity contribution in [2.24, 2.45) is 7.05 Å². The number of nitrogens with zero attached hydrogens (tertiary/aromatic N) is 3. The van der Waals surface area contributed by atoms with Gasteiger partial charge in [0.1, 0.15) is 12.2 Å². The Morgan fingerprint density at radius 3 is 2.33 bits per heavy atom. The molecule has 0 bridgehead atoms. The van der Waals surface area contributed by atoms with Crippen LogP contribution in [0.25, 0.3) is 0 Å². The number of aliphatic hydroxyl groups is 1. The van der Waals surface area contributed by atoms with Gasteiger partial charge in [-0.25, -0.2) is 4.98 Å². The van der Waals surface area contributed by atoms with Gasteiger partial charge in [0.15, 0.2) is 0 Å². The van der Waals surface area contributed by atoms with E-state index in [0.29, 0.717) is 6.42 Å². The fraction of sp³-hybridized carbons (Fsp3) is 0.429. The Balaban J connectivity index is 2.33. The number of hydrogen-bond donors (Lipinski definition) is 1. The second-order valence-electron chi connectivity index (χ2n) is 5.13. The van der Waals surface area contributed by atoms with Crippen molar-refractivity contribution in [3.63, 3.8) is 0 Å². The van der Waals surface area contributed by atoms with Gasteiger partial charge in [0.25, 0.3) is 0 Å². The van der Waals surface area contributed by atoms with Crippen molar-refractivity contribution in [2.45, 2.75) is 32.8 Å². The van der Waals surface area contributed by atoms with Gasteiger partial charge in [-0.2, -0.15) is 5.10 Å². The maximum Gasteiger partial charge on any atom is 0.138 e. The predicted octanol–water partition coefficient (Wildman–Crippen LogP) is 1.88. The number of benzene rings is 1. The number of rotatable bonds is 3. The molecule has 0 aliphatic rings. The Hall–Kier alpha value is -1.68. The summed E-state index contributed by atoms with van der Waals surface area (Å²) >= 11 is 0. The van der Waals surface area contributed by atoms with Crippen LogP contribution in [0.2, 0.25) is 0 Å². The fourth-order valence-electron chi connectivity index (χ4n) is 2.18. The standard InChI is InChI=1S/C14H19N3O/c1-10-5-11(2)7-12(6-10)14(3,18)8-13-15-9-16-17(13)4/h5-7,9,18H,8H2,1-4H3. The second-order valence-corrected chi connectivity index (χ2v) is 5.13. The van der Waals surface area contributed by atoms with Crippen molar-refractivity contribution in [1.82, 2.24) is 14.8 Å². The molecule has 1 aromatic heterocycles. The third kappa shape index (κ3) is 2.59. The molecule has 0 spiro atoms. The molecule has 0 aliphatic carbocycles.